The van der Waals surface area contributed by atoms with Gasteiger partial charge in [-0.1, -0.05) is 33.6 Å². The molecule has 0 bridgehead atoms. The number of rotatable bonds is 4. The summed E-state index contributed by atoms with van der Waals surface area (Å²) in [5.74, 6) is 1.80. The molecule has 0 aromatic heterocycles. The van der Waals surface area contributed by atoms with Crippen molar-refractivity contribution in [2.75, 3.05) is 0 Å². The van der Waals surface area contributed by atoms with Gasteiger partial charge in [-0.05, 0) is 57.8 Å². The fourth-order valence-corrected chi connectivity index (χ4v) is 4.61. The molecule has 0 spiro atoms. The molecular weight excluding hydrogens is 218 g/mol. The Morgan fingerprint density at radius 2 is 1.78 bits per heavy atom. The second-order valence-electron chi connectivity index (χ2n) is 7.27. The topological polar surface area (TPSA) is 3.24 Å². The van der Waals surface area contributed by atoms with Crippen LogP contribution < -0.4 is 0 Å². The standard InChI is InChI=1S/C17H33N/c1-6-17(11-8-12-17)18(13(2)3)16-10-7-9-14(4)15(16)5/h13-16H,6-12H2,1-5H3. The van der Waals surface area contributed by atoms with Crippen LogP contribution >= 0.6 is 0 Å². The Labute approximate surface area is 114 Å². The average molecular weight is 251 g/mol. The first-order valence-electron chi connectivity index (χ1n) is 8.30. The molecule has 3 unspecified atom stereocenters. The molecule has 1 nitrogen and oxygen atoms in total. The minimum atomic E-state index is 0.560. The molecule has 3 atom stereocenters. The van der Waals surface area contributed by atoms with E-state index >= 15 is 0 Å². The Balaban J connectivity index is 2.19. The van der Waals surface area contributed by atoms with Crippen LogP contribution in [0, 0.1) is 11.8 Å². The van der Waals surface area contributed by atoms with Crippen LogP contribution in [0.3, 0.4) is 0 Å². The molecule has 2 aliphatic rings. The third-order valence-corrected chi connectivity index (χ3v) is 6.07. The minimum Gasteiger partial charge on any atom is -0.292 e. The van der Waals surface area contributed by atoms with Crippen molar-refractivity contribution >= 4 is 0 Å². The highest BCUT2D eigenvalue weighted by Gasteiger charge is 2.47. The highest BCUT2D eigenvalue weighted by atomic mass is 15.3. The van der Waals surface area contributed by atoms with Gasteiger partial charge in [0.2, 0.25) is 0 Å². The lowest BCUT2D eigenvalue weighted by atomic mass is 9.68. The largest absolute Gasteiger partial charge is 0.292 e. The molecular formula is C17H33N. The molecule has 0 aliphatic heterocycles. The Morgan fingerprint density at radius 1 is 1.11 bits per heavy atom. The molecule has 0 N–H and O–H groups in total. The Kier molecular flexibility index (Phi) is 4.41. The van der Waals surface area contributed by atoms with E-state index in [1.807, 2.05) is 0 Å². The summed E-state index contributed by atoms with van der Waals surface area (Å²) in [6.07, 6.45) is 10.0. The van der Waals surface area contributed by atoms with E-state index in [0.717, 1.165) is 17.9 Å². The maximum atomic E-state index is 2.94. The van der Waals surface area contributed by atoms with Gasteiger partial charge in [0.1, 0.15) is 0 Å². The van der Waals surface area contributed by atoms with E-state index in [-0.39, 0.29) is 0 Å². The van der Waals surface area contributed by atoms with E-state index in [9.17, 15) is 0 Å². The van der Waals surface area contributed by atoms with Crippen molar-refractivity contribution in [3.63, 3.8) is 0 Å². The number of hydrogen-bond donors (Lipinski definition) is 0. The Bertz CT molecular complexity index is 261. The summed E-state index contributed by atoms with van der Waals surface area (Å²) in [6, 6.07) is 1.55. The van der Waals surface area contributed by atoms with Gasteiger partial charge >= 0.3 is 0 Å². The summed E-state index contributed by atoms with van der Waals surface area (Å²) in [5, 5.41) is 0. The second kappa shape index (κ2) is 5.53. The lowest BCUT2D eigenvalue weighted by Gasteiger charge is -2.58. The predicted octanol–water partition coefficient (Wildman–Crippen LogP) is 4.85. The normalized spacial score (nSPS) is 35.8. The van der Waals surface area contributed by atoms with Gasteiger partial charge in [-0.2, -0.15) is 0 Å². The van der Waals surface area contributed by atoms with Crippen LogP contribution in [0.2, 0.25) is 0 Å². The third kappa shape index (κ3) is 2.35. The molecule has 0 amide bonds. The van der Waals surface area contributed by atoms with Gasteiger partial charge in [0.25, 0.3) is 0 Å². The van der Waals surface area contributed by atoms with E-state index in [0.29, 0.717) is 11.6 Å². The zero-order valence-electron chi connectivity index (χ0n) is 13.2. The average Bonchev–Trinajstić information content (AvgIpc) is 2.27. The molecule has 0 radical (unpaired) electrons. The van der Waals surface area contributed by atoms with E-state index in [1.54, 1.807) is 0 Å². The lowest BCUT2D eigenvalue weighted by molar-refractivity contribution is -0.0762. The maximum absolute atomic E-state index is 2.94. The smallest absolute Gasteiger partial charge is 0.0212 e. The molecule has 0 aromatic carbocycles. The minimum absolute atomic E-state index is 0.560. The molecule has 0 aromatic rings. The van der Waals surface area contributed by atoms with Crippen molar-refractivity contribution in [2.24, 2.45) is 11.8 Å². The molecule has 1 heteroatoms. The van der Waals surface area contributed by atoms with Crippen LogP contribution in [0.15, 0.2) is 0 Å². The summed E-state index contributed by atoms with van der Waals surface area (Å²) >= 11 is 0. The first-order valence-corrected chi connectivity index (χ1v) is 8.30. The third-order valence-electron chi connectivity index (χ3n) is 6.07. The van der Waals surface area contributed by atoms with Gasteiger partial charge in [-0.15, -0.1) is 0 Å². The summed E-state index contributed by atoms with van der Waals surface area (Å²) < 4.78 is 0. The van der Waals surface area contributed by atoms with Crippen molar-refractivity contribution in [1.82, 2.24) is 4.90 Å². The van der Waals surface area contributed by atoms with Gasteiger partial charge < -0.3 is 0 Å². The zero-order valence-corrected chi connectivity index (χ0v) is 13.2. The molecule has 2 saturated carbocycles. The Morgan fingerprint density at radius 3 is 2.22 bits per heavy atom. The zero-order chi connectivity index (χ0) is 13.3. The van der Waals surface area contributed by atoms with Crippen LogP contribution in [0.5, 0.6) is 0 Å². The van der Waals surface area contributed by atoms with Crippen molar-refractivity contribution < 1.29 is 0 Å². The lowest BCUT2D eigenvalue weighted by Crippen LogP contribution is -2.62. The van der Waals surface area contributed by atoms with E-state index in [4.69, 9.17) is 0 Å². The molecule has 18 heavy (non-hydrogen) atoms. The van der Waals surface area contributed by atoms with Crippen LogP contribution in [-0.2, 0) is 0 Å². The fourth-order valence-electron chi connectivity index (χ4n) is 4.61. The summed E-state index contributed by atoms with van der Waals surface area (Å²) in [6.45, 7) is 12.2. The number of nitrogens with zero attached hydrogens (tertiary/aromatic N) is 1. The monoisotopic (exact) mass is 251 g/mol. The fraction of sp³-hybridized carbons (Fsp3) is 1.00. The Hall–Kier alpha value is -0.0400. The second-order valence-corrected chi connectivity index (χ2v) is 7.27. The van der Waals surface area contributed by atoms with Gasteiger partial charge in [0.15, 0.2) is 0 Å². The van der Waals surface area contributed by atoms with Crippen LogP contribution in [-0.4, -0.2) is 22.5 Å². The maximum Gasteiger partial charge on any atom is 0.0212 e. The first kappa shape index (κ1) is 14.4. The molecule has 0 saturated heterocycles. The SMILES string of the molecule is CCC1(N(C(C)C)C2CCCC(C)C2C)CCC1. The van der Waals surface area contributed by atoms with Crippen molar-refractivity contribution in [2.45, 2.75) is 97.2 Å². The summed E-state index contributed by atoms with van der Waals surface area (Å²) in [4.78, 5) is 2.94. The van der Waals surface area contributed by atoms with Gasteiger partial charge in [-0.3, -0.25) is 4.90 Å². The van der Waals surface area contributed by atoms with Crippen molar-refractivity contribution in [3.8, 4) is 0 Å². The van der Waals surface area contributed by atoms with E-state index in [1.165, 1.54) is 44.9 Å². The van der Waals surface area contributed by atoms with Crippen LogP contribution in [0.25, 0.3) is 0 Å². The van der Waals surface area contributed by atoms with E-state index < -0.39 is 0 Å². The first-order chi connectivity index (χ1) is 8.52. The molecule has 2 fully saturated rings. The summed E-state index contributed by atoms with van der Waals surface area (Å²) in [7, 11) is 0. The molecule has 2 aliphatic carbocycles. The number of hydrogen-bond acceptors (Lipinski definition) is 1. The molecule has 106 valence electrons. The van der Waals surface area contributed by atoms with Gasteiger partial charge in [0.05, 0.1) is 0 Å². The highest BCUT2D eigenvalue weighted by Crippen LogP contribution is 2.46. The van der Waals surface area contributed by atoms with Crippen LogP contribution in [0.1, 0.15) is 79.6 Å². The quantitative estimate of drug-likeness (QED) is 0.690. The van der Waals surface area contributed by atoms with E-state index in [2.05, 4.69) is 39.5 Å². The summed E-state index contributed by atoms with van der Waals surface area (Å²) in [5.41, 5.74) is 0.560. The highest BCUT2D eigenvalue weighted by molar-refractivity contribution is 5.02. The van der Waals surface area contributed by atoms with Crippen molar-refractivity contribution in [1.29, 1.82) is 0 Å². The van der Waals surface area contributed by atoms with Gasteiger partial charge in [0, 0.05) is 17.6 Å². The molecule has 2 rings (SSSR count). The molecule has 0 heterocycles. The predicted molar refractivity (Wildman–Crippen MR) is 79.8 cm³/mol. The van der Waals surface area contributed by atoms with Gasteiger partial charge in [-0.25, -0.2) is 0 Å². The van der Waals surface area contributed by atoms with Crippen molar-refractivity contribution in [3.05, 3.63) is 0 Å². The van der Waals surface area contributed by atoms with Crippen LogP contribution in [0.4, 0.5) is 0 Å².